The van der Waals surface area contributed by atoms with E-state index in [1.54, 1.807) is 11.3 Å². The van der Waals surface area contributed by atoms with Gasteiger partial charge in [0.2, 0.25) is 0 Å². The van der Waals surface area contributed by atoms with Gasteiger partial charge < -0.3 is 10.1 Å². The highest BCUT2D eigenvalue weighted by molar-refractivity contribution is 7.09. The highest BCUT2D eigenvalue weighted by Gasteiger charge is 2.20. The minimum absolute atomic E-state index is 0.461. The first-order valence-corrected chi connectivity index (χ1v) is 8.02. The van der Waals surface area contributed by atoms with E-state index in [0.29, 0.717) is 17.7 Å². The molecule has 3 rings (SSSR count). The van der Waals surface area contributed by atoms with E-state index in [1.807, 2.05) is 30.5 Å². The van der Waals surface area contributed by atoms with Crippen LogP contribution in [-0.2, 0) is 13.2 Å². The maximum atomic E-state index is 6.11. The Morgan fingerprint density at radius 3 is 3.10 bits per heavy atom. The zero-order chi connectivity index (χ0) is 13.9. The van der Waals surface area contributed by atoms with Gasteiger partial charge in [-0.1, -0.05) is 17.7 Å². The Labute approximate surface area is 127 Å². The van der Waals surface area contributed by atoms with Crippen molar-refractivity contribution in [2.45, 2.75) is 39.0 Å². The minimum atomic E-state index is 0.461. The Balaban J connectivity index is 1.55. The van der Waals surface area contributed by atoms with Crippen LogP contribution in [0.5, 0.6) is 5.75 Å². The first-order valence-electron chi connectivity index (χ1n) is 6.76. The minimum Gasteiger partial charge on any atom is -0.486 e. The van der Waals surface area contributed by atoms with Gasteiger partial charge in [0.05, 0.1) is 10.7 Å². The highest BCUT2D eigenvalue weighted by Crippen LogP contribution is 2.26. The van der Waals surface area contributed by atoms with Crippen LogP contribution in [0.4, 0.5) is 0 Å². The average molecular weight is 309 g/mol. The summed E-state index contributed by atoms with van der Waals surface area (Å²) in [5.41, 5.74) is 2.09. The van der Waals surface area contributed by atoms with Crippen molar-refractivity contribution in [3.63, 3.8) is 0 Å². The molecule has 5 heteroatoms. The molecule has 0 atom stereocenters. The van der Waals surface area contributed by atoms with Gasteiger partial charge in [-0.25, -0.2) is 4.98 Å². The predicted octanol–water partition coefficient (Wildman–Crippen LogP) is 3.94. The van der Waals surface area contributed by atoms with Crippen molar-refractivity contribution >= 4 is 22.9 Å². The van der Waals surface area contributed by atoms with Gasteiger partial charge in [-0.05, 0) is 37.5 Å². The number of benzene rings is 1. The van der Waals surface area contributed by atoms with Crippen LogP contribution in [0.25, 0.3) is 0 Å². The van der Waals surface area contributed by atoms with Crippen LogP contribution in [0.2, 0.25) is 5.02 Å². The molecule has 0 saturated heterocycles. The van der Waals surface area contributed by atoms with Crippen molar-refractivity contribution in [3.05, 3.63) is 44.9 Å². The molecule has 20 heavy (non-hydrogen) atoms. The van der Waals surface area contributed by atoms with Gasteiger partial charge in [-0.2, -0.15) is 0 Å². The average Bonchev–Trinajstić information content (AvgIpc) is 3.16. The van der Waals surface area contributed by atoms with Gasteiger partial charge in [0.15, 0.2) is 0 Å². The Morgan fingerprint density at radius 2 is 2.30 bits per heavy atom. The third-order valence-corrected chi connectivity index (χ3v) is 4.39. The molecular formula is C15H17ClN2OS. The number of aryl methyl sites for hydroxylation is 1. The van der Waals surface area contributed by atoms with Gasteiger partial charge in [-0.15, -0.1) is 11.3 Å². The second-order valence-corrected chi connectivity index (χ2v) is 6.46. The number of nitrogens with zero attached hydrogens (tertiary/aromatic N) is 1. The van der Waals surface area contributed by atoms with Crippen LogP contribution in [0.3, 0.4) is 0 Å². The summed E-state index contributed by atoms with van der Waals surface area (Å²) in [4.78, 5) is 4.57. The van der Waals surface area contributed by atoms with E-state index in [-0.39, 0.29) is 0 Å². The Bertz CT molecular complexity index is 595. The summed E-state index contributed by atoms with van der Waals surface area (Å²) in [6, 6.07) is 6.49. The number of aromatic nitrogens is 1. The zero-order valence-corrected chi connectivity index (χ0v) is 12.9. The molecule has 1 aliphatic rings. The number of thiazole rings is 1. The highest BCUT2D eigenvalue weighted by atomic mass is 35.5. The van der Waals surface area contributed by atoms with E-state index < -0.39 is 0 Å². The quantitative estimate of drug-likeness (QED) is 0.878. The van der Waals surface area contributed by atoms with Crippen LogP contribution in [0, 0.1) is 6.92 Å². The molecule has 0 unspecified atom stereocenters. The molecule has 3 nitrogen and oxygen atoms in total. The molecule has 1 heterocycles. The molecule has 0 spiro atoms. The number of halogens is 1. The normalized spacial score (nSPS) is 14.5. The Kier molecular flexibility index (Phi) is 4.24. The molecule has 106 valence electrons. The van der Waals surface area contributed by atoms with Gasteiger partial charge in [0.1, 0.15) is 17.4 Å². The summed E-state index contributed by atoms with van der Waals surface area (Å²) in [5, 5.41) is 7.27. The van der Waals surface area contributed by atoms with E-state index in [0.717, 1.165) is 28.6 Å². The lowest BCUT2D eigenvalue weighted by Gasteiger charge is -2.07. The van der Waals surface area contributed by atoms with Gasteiger partial charge in [0.25, 0.3) is 0 Å². The maximum Gasteiger partial charge on any atom is 0.138 e. The number of hydrogen-bond donors (Lipinski definition) is 1. The number of nitrogens with one attached hydrogen (secondary N) is 1. The number of hydrogen-bond acceptors (Lipinski definition) is 4. The number of ether oxygens (including phenoxy) is 1. The second-order valence-electron chi connectivity index (χ2n) is 5.11. The zero-order valence-electron chi connectivity index (χ0n) is 11.4. The summed E-state index contributed by atoms with van der Waals surface area (Å²) >= 11 is 7.78. The molecule has 1 saturated carbocycles. The molecule has 0 radical (unpaired) electrons. The molecule has 0 bridgehead atoms. The fraction of sp³-hybridized carbons (Fsp3) is 0.400. The topological polar surface area (TPSA) is 34.1 Å². The largest absolute Gasteiger partial charge is 0.486 e. The van der Waals surface area contributed by atoms with Crippen molar-refractivity contribution in [2.75, 3.05) is 0 Å². The molecule has 0 amide bonds. The SMILES string of the molecule is Cc1ccc(Cl)c(OCc2csc(CNC3CC3)n2)c1. The van der Waals surface area contributed by atoms with E-state index in [1.165, 1.54) is 12.8 Å². The Hall–Kier alpha value is -1.10. The molecule has 2 aromatic rings. The summed E-state index contributed by atoms with van der Waals surface area (Å²) in [6.07, 6.45) is 2.60. The van der Waals surface area contributed by atoms with Gasteiger partial charge in [-0.3, -0.25) is 0 Å². The molecule has 1 aromatic carbocycles. The van der Waals surface area contributed by atoms with Crippen LogP contribution < -0.4 is 10.1 Å². The summed E-state index contributed by atoms with van der Waals surface area (Å²) in [5.74, 6) is 0.720. The summed E-state index contributed by atoms with van der Waals surface area (Å²) < 4.78 is 5.75. The van der Waals surface area contributed by atoms with Gasteiger partial charge in [0, 0.05) is 18.0 Å². The van der Waals surface area contributed by atoms with Crippen LogP contribution in [0.1, 0.15) is 29.1 Å². The fourth-order valence-electron chi connectivity index (χ4n) is 1.89. The van der Waals surface area contributed by atoms with Crippen molar-refractivity contribution in [1.29, 1.82) is 0 Å². The first-order chi connectivity index (χ1) is 9.70. The van der Waals surface area contributed by atoms with Crippen molar-refractivity contribution in [2.24, 2.45) is 0 Å². The molecule has 1 aliphatic carbocycles. The van der Waals surface area contributed by atoms with E-state index in [9.17, 15) is 0 Å². The van der Waals surface area contributed by atoms with Crippen LogP contribution in [-0.4, -0.2) is 11.0 Å². The summed E-state index contributed by atoms with van der Waals surface area (Å²) in [7, 11) is 0. The fourth-order valence-corrected chi connectivity index (χ4v) is 2.79. The van der Waals surface area contributed by atoms with E-state index in [2.05, 4.69) is 10.3 Å². The molecule has 1 fully saturated rings. The van der Waals surface area contributed by atoms with Crippen molar-refractivity contribution < 1.29 is 4.74 Å². The van der Waals surface area contributed by atoms with Crippen LogP contribution >= 0.6 is 22.9 Å². The molecular weight excluding hydrogens is 292 g/mol. The molecule has 0 aliphatic heterocycles. The van der Waals surface area contributed by atoms with Crippen LogP contribution in [0.15, 0.2) is 23.6 Å². The van der Waals surface area contributed by atoms with Crippen molar-refractivity contribution in [3.8, 4) is 5.75 Å². The lowest BCUT2D eigenvalue weighted by Crippen LogP contribution is -2.15. The lowest BCUT2D eigenvalue weighted by atomic mass is 10.2. The Morgan fingerprint density at radius 1 is 1.45 bits per heavy atom. The van der Waals surface area contributed by atoms with E-state index >= 15 is 0 Å². The number of rotatable bonds is 6. The summed E-state index contributed by atoms with van der Waals surface area (Å²) in [6.45, 7) is 3.34. The third-order valence-electron chi connectivity index (χ3n) is 3.18. The second kappa shape index (κ2) is 6.12. The van der Waals surface area contributed by atoms with Gasteiger partial charge >= 0.3 is 0 Å². The molecule has 1 N–H and O–H groups in total. The standard InChI is InChI=1S/C15H17ClN2OS/c1-10-2-5-13(16)14(6-10)19-8-12-9-20-15(18-12)7-17-11-3-4-11/h2,5-6,9,11,17H,3-4,7-8H2,1H3. The predicted molar refractivity (Wildman–Crippen MR) is 82.5 cm³/mol. The van der Waals surface area contributed by atoms with Crippen molar-refractivity contribution in [1.82, 2.24) is 10.3 Å². The third kappa shape index (κ3) is 3.72. The monoisotopic (exact) mass is 308 g/mol. The maximum absolute atomic E-state index is 6.11. The smallest absolute Gasteiger partial charge is 0.138 e. The lowest BCUT2D eigenvalue weighted by molar-refractivity contribution is 0.302. The molecule has 1 aromatic heterocycles. The first kappa shape index (κ1) is 13.9. The van der Waals surface area contributed by atoms with E-state index in [4.69, 9.17) is 16.3 Å².